The maximum atomic E-state index is 11.2. The fourth-order valence-electron chi connectivity index (χ4n) is 1.96. The van der Waals surface area contributed by atoms with Gasteiger partial charge < -0.3 is 10.0 Å². The minimum Gasteiger partial charge on any atom is -0.481 e. The van der Waals surface area contributed by atoms with Gasteiger partial charge in [-0.15, -0.1) is 0 Å². The molecule has 0 fully saturated rings. The van der Waals surface area contributed by atoms with Gasteiger partial charge in [0.2, 0.25) is 0 Å². The molecule has 0 radical (unpaired) electrons. The van der Waals surface area contributed by atoms with Crippen molar-refractivity contribution in [1.29, 1.82) is 0 Å². The summed E-state index contributed by atoms with van der Waals surface area (Å²) in [5.41, 5.74) is 2.27. The van der Waals surface area contributed by atoms with Gasteiger partial charge in [-0.05, 0) is 24.5 Å². The summed E-state index contributed by atoms with van der Waals surface area (Å²) in [6.07, 6.45) is 0. The molecule has 3 nitrogen and oxygen atoms in total. The average molecular weight is 235 g/mol. The number of carboxylic acids is 1. The Morgan fingerprint density at radius 2 is 1.94 bits per heavy atom. The molecule has 0 aromatic heterocycles. The molecule has 1 aromatic rings. The molecule has 3 heteroatoms. The lowest BCUT2D eigenvalue weighted by Gasteiger charge is -2.26. The lowest BCUT2D eigenvalue weighted by atomic mass is 9.95. The van der Waals surface area contributed by atoms with Crippen molar-refractivity contribution in [3.05, 3.63) is 29.8 Å². The molecule has 0 amide bonds. The monoisotopic (exact) mass is 235 g/mol. The SMILES string of the molecule is Cc1ccccc1N(C)CC(C(=O)O)C(C)C. The number of benzene rings is 1. The lowest BCUT2D eigenvalue weighted by Crippen LogP contribution is -2.33. The van der Waals surface area contributed by atoms with E-state index in [1.165, 1.54) is 5.56 Å². The van der Waals surface area contributed by atoms with Gasteiger partial charge in [-0.1, -0.05) is 32.0 Å². The Bertz CT molecular complexity index is 388. The minimum atomic E-state index is -0.722. The average Bonchev–Trinajstić information content (AvgIpc) is 2.25. The summed E-state index contributed by atoms with van der Waals surface area (Å²) in [7, 11) is 1.95. The summed E-state index contributed by atoms with van der Waals surface area (Å²) < 4.78 is 0. The zero-order chi connectivity index (χ0) is 13.0. The second-order valence-electron chi connectivity index (χ2n) is 4.86. The molecule has 94 valence electrons. The van der Waals surface area contributed by atoms with Crippen LogP contribution in [0.5, 0.6) is 0 Å². The molecule has 1 N–H and O–H groups in total. The number of aliphatic carboxylic acids is 1. The summed E-state index contributed by atoms with van der Waals surface area (Å²) in [6, 6.07) is 8.03. The first-order chi connectivity index (χ1) is 7.93. The van der Waals surface area contributed by atoms with Crippen LogP contribution in [0.3, 0.4) is 0 Å². The van der Waals surface area contributed by atoms with Crippen LogP contribution >= 0.6 is 0 Å². The number of aryl methyl sites for hydroxylation is 1. The van der Waals surface area contributed by atoms with Gasteiger partial charge in [0.15, 0.2) is 0 Å². The first-order valence-corrected chi connectivity index (χ1v) is 5.93. The van der Waals surface area contributed by atoms with Gasteiger partial charge >= 0.3 is 5.97 Å². The van der Waals surface area contributed by atoms with Gasteiger partial charge in [0.1, 0.15) is 0 Å². The summed E-state index contributed by atoms with van der Waals surface area (Å²) in [6.45, 7) is 6.48. The number of hydrogen-bond acceptors (Lipinski definition) is 2. The molecule has 1 rings (SSSR count). The molecule has 1 atom stereocenters. The van der Waals surface area contributed by atoms with Crippen molar-refractivity contribution >= 4 is 11.7 Å². The van der Waals surface area contributed by atoms with Crippen molar-refractivity contribution in [1.82, 2.24) is 0 Å². The molecule has 0 saturated heterocycles. The standard InChI is InChI=1S/C14H21NO2/c1-10(2)12(14(16)17)9-15(4)13-8-6-5-7-11(13)3/h5-8,10,12H,9H2,1-4H3,(H,16,17). The highest BCUT2D eigenvalue weighted by molar-refractivity contribution is 5.71. The van der Waals surface area contributed by atoms with E-state index in [2.05, 4.69) is 0 Å². The Balaban J connectivity index is 2.81. The van der Waals surface area contributed by atoms with Gasteiger partial charge in [0, 0.05) is 19.3 Å². The molecule has 0 aliphatic rings. The predicted octanol–water partition coefficient (Wildman–Crippen LogP) is 2.79. The van der Waals surface area contributed by atoms with Crippen LogP contribution in [-0.2, 0) is 4.79 Å². The third-order valence-corrected chi connectivity index (χ3v) is 3.12. The van der Waals surface area contributed by atoms with Crippen LogP contribution in [0.4, 0.5) is 5.69 Å². The Morgan fingerprint density at radius 3 is 2.41 bits per heavy atom. The molecule has 1 aromatic carbocycles. The van der Waals surface area contributed by atoms with Crippen molar-refractivity contribution in [2.45, 2.75) is 20.8 Å². The number of hydrogen-bond donors (Lipinski definition) is 1. The first kappa shape index (κ1) is 13.6. The zero-order valence-corrected chi connectivity index (χ0v) is 11.0. The van der Waals surface area contributed by atoms with Crippen LogP contribution in [0.2, 0.25) is 0 Å². The van der Waals surface area contributed by atoms with E-state index in [-0.39, 0.29) is 11.8 Å². The van der Waals surface area contributed by atoms with Gasteiger partial charge in [-0.3, -0.25) is 4.79 Å². The highest BCUT2D eigenvalue weighted by Crippen LogP contribution is 2.21. The molecule has 0 saturated carbocycles. The van der Waals surface area contributed by atoms with E-state index in [1.807, 2.05) is 57.0 Å². The van der Waals surface area contributed by atoms with Crippen molar-refractivity contribution in [2.24, 2.45) is 11.8 Å². The Labute approximate surface area is 103 Å². The van der Waals surface area contributed by atoms with E-state index >= 15 is 0 Å². The number of carboxylic acid groups (broad SMARTS) is 1. The Hall–Kier alpha value is -1.51. The van der Waals surface area contributed by atoms with Crippen LogP contribution in [-0.4, -0.2) is 24.7 Å². The number of rotatable bonds is 5. The van der Waals surface area contributed by atoms with Crippen molar-refractivity contribution in [3.63, 3.8) is 0 Å². The third-order valence-electron chi connectivity index (χ3n) is 3.12. The van der Waals surface area contributed by atoms with Crippen LogP contribution in [0.25, 0.3) is 0 Å². The van der Waals surface area contributed by atoms with E-state index in [9.17, 15) is 9.90 Å². The van der Waals surface area contributed by atoms with E-state index < -0.39 is 5.97 Å². The topological polar surface area (TPSA) is 40.5 Å². The number of para-hydroxylation sites is 1. The van der Waals surface area contributed by atoms with E-state index in [0.29, 0.717) is 6.54 Å². The summed E-state index contributed by atoms with van der Waals surface area (Å²) in [5.74, 6) is -0.918. The van der Waals surface area contributed by atoms with Crippen LogP contribution in [0, 0.1) is 18.8 Å². The number of anilines is 1. The second-order valence-corrected chi connectivity index (χ2v) is 4.86. The van der Waals surface area contributed by atoms with Gasteiger partial charge in [0.05, 0.1) is 5.92 Å². The molecule has 0 spiro atoms. The molecule has 17 heavy (non-hydrogen) atoms. The van der Waals surface area contributed by atoms with Gasteiger partial charge in [0.25, 0.3) is 0 Å². The molecule has 0 aliphatic carbocycles. The highest BCUT2D eigenvalue weighted by Gasteiger charge is 2.23. The largest absolute Gasteiger partial charge is 0.481 e. The third kappa shape index (κ3) is 3.48. The molecule has 0 bridgehead atoms. The summed E-state index contributed by atoms with van der Waals surface area (Å²) in [4.78, 5) is 13.2. The second kappa shape index (κ2) is 5.71. The van der Waals surface area contributed by atoms with Crippen LogP contribution in [0.1, 0.15) is 19.4 Å². The fraction of sp³-hybridized carbons (Fsp3) is 0.500. The maximum Gasteiger partial charge on any atom is 0.308 e. The Kier molecular flexibility index (Phi) is 4.55. The fourth-order valence-corrected chi connectivity index (χ4v) is 1.96. The van der Waals surface area contributed by atoms with Crippen LogP contribution in [0.15, 0.2) is 24.3 Å². The van der Waals surface area contributed by atoms with Crippen molar-refractivity contribution in [2.75, 3.05) is 18.5 Å². The van der Waals surface area contributed by atoms with Crippen LogP contribution < -0.4 is 4.90 Å². The number of nitrogens with zero attached hydrogens (tertiary/aromatic N) is 1. The summed E-state index contributed by atoms with van der Waals surface area (Å²) in [5, 5.41) is 9.18. The zero-order valence-electron chi connectivity index (χ0n) is 11.0. The minimum absolute atomic E-state index is 0.138. The summed E-state index contributed by atoms with van der Waals surface area (Å²) >= 11 is 0. The smallest absolute Gasteiger partial charge is 0.308 e. The molecule has 0 aliphatic heterocycles. The maximum absolute atomic E-state index is 11.2. The highest BCUT2D eigenvalue weighted by atomic mass is 16.4. The quantitative estimate of drug-likeness (QED) is 0.853. The van der Waals surface area contributed by atoms with E-state index in [1.54, 1.807) is 0 Å². The Morgan fingerprint density at radius 1 is 1.35 bits per heavy atom. The van der Waals surface area contributed by atoms with Gasteiger partial charge in [-0.2, -0.15) is 0 Å². The normalized spacial score (nSPS) is 12.5. The van der Waals surface area contributed by atoms with Gasteiger partial charge in [-0.25, -0.2) is 0 Å². The predicted molar refractivity (Wildman–Crippen MR) is 70.4 cm³/mol. The lowest BCUT2D eigenvalue weighted by molar-refractivity contribution is -0.142. The molecule has 0 heterocycles. The molecular formula is C14H21NO2. The van der Waals surface area contributed by atoms with E-state index in [0.717, 1.165) is 5.69 Å². The number of carbonyl (C=O) groups is 1. The first-order valence-electron chi connectivity index (χ1n) is 5.93. The molecule has 1 unspecified atom stereocenters. The van der Waals surface area contributed by atoms with Crippen molar-refractivity contribution in [3.8, 4) is 0 Å². The van der Waals surface area contributed by atoms with E-state index in [4.69, 9.17) is 0 Å². The van der Waals surface area contributed by atoms with Crippen molar-refractivity contribution < 1.29 is 9.90 Å². The molecular weight excluding hydrogens is 214 g/mol.